The van der Waals surface area contributed by atoms with E-state index in [1.54, 1.807) is 31.4 Å². The quantitative estimate of drug-likeness (QED) is 0.615. The molecule has 1 atom stereocenters. The Balaban J connectivity index is 1.81. The van der Waals surface area contributed by atoms with Gasteiger partial charge in [-0.25, -0.2) is 0 Å². The van der Waals surface area contributed by atoms with Crippen LogP contribution in [-0.4, -0.2) is 25.8 Å². The zero-order valence-electron chi connectivity index (χ0n) is 13.5. The highest BCUT2D eigenvalue weighted by Gasteiger charge is 2.13. The van der Waals surface area contributed by atoms with Gasteiger partial charge in [0.25, 0.3) is 5.91 Å². The van der Waals surface area contributed by atoms with Gasteiger partial charge in [-0.05, 0) is 30.7 Å². The zero-order valence-corrected chi connectivity index (χ0v) is 14.3. The van der Waals surface area contributed by atoms with Crippen molar-refractivity contribution < 1.29 is 14.4 Å². The van der Waals surface area contributed by atoms with Crippen molar-refractivity contribution >= 4 is 23.7 Å². The molecule has 0 spiro atoms. The lowest BCUT2D eigenvalue weighted by molar-refractivity contribution is -0.126. The van der Waals surface area contributed by atoms with Gasteiger partial charge < -0.3 is 14.9 Å². The van der Waals surface area contributed by atoms with E-state index >= 15 is 0 Å². The fourth-order valence-electron chi connectivity index (χ4n) is 2.13. The van der Waals surface area contributed by atoms with Crippen LogP contribution in [0.25, 0.3) is 0 Å². The summed E-state index contributed by atoms with van der Waals surface area (Å²) >= 11 is 5.80. The number of oxime groups is 1. The lowest BCUT2D eigenvalue weighted by Crippen LogP contribution is -2.29. The summed E-state index contributed by atoms with van der Waals surface area (Å²) < 4.78 is 5.29. The Kier molecular flexibility index (Phi) is 6.63. The number of benzene rings is 2. The van der Waals surface area contributed by atoms with Crippen molar-refractivity contribution in [2.75, 3.05) is 13.7 Å². The summed E-state index contributed by atoms with van der Waals surface area (Å²) in [5, 5.41) is 7.26. The number of amides is 1. The Bertz CT molecular complexity index is 702. The summed E-state index contributed by atoms with van der Waals surface area (Å²) in [4.78, 5) is 16.9. The number of nitrogens with one attached hydrogen (secondary N) is 1. The van der Waals surface area contributed by atoms with Crippen molar-refractivity contribution in [3.8, 4) is 5.75 Å². The normalized spacial score (nSPS) is 12.0. The minimum absolute atomic E-state index is 0.163. The van der Waals surface area contributed by atoms with Crippen LogP contribution in [0.4, 0.5) is 0 Å². The average Bonchev–Trinajstić information content (AvgIpc) is 2.60. The molecule has 0 aliphatic carbocycles. The molecule has 1 unspecified atom stereocenters. The minimum atomic E-state index is -0.262. The first-order chi connectivity index (χ1) is 11.6. The van der Waals surface area contributed by atoms with Gasteiger partial charge in [-0.2, -0.15) is 0 Å². The van der Waals surface area contributed by atoms with E-state index in [-0.39, 0.29) is 18.6 Å². The summed E-state index contributed by atoms with van der Waals surface area (Å²) in [6.45, 7) is 1.72. The highest BCUT2D eigenvalue weighted by molar-refractivity contribution is 6.30. The fourth-order valence-corrected chi connectivity index (χ4v) is 2.25. The van der Waals surface area contributed by atoms with E-state index in [0.717, 1.165) is 16.9 Å². The number of carbonyl (C=O) groups excluding carboxylic acids is 1. The van der Waals surface area contributed by atoms with E-state index in [1.807, 2.05) is 31.2 Å². The predicted octanol–water partition coefficient (Wildman–Crippen LogP) is 3.58. The van der Waals surface area contributed by atoms with Crippen molar-refractivity contribution in [2.45, 2.75) is 13.0 Å². The monoisotopic (exact) mass is 346 g/mol. The Morgan fingerprint density at radius 3 is 2.67 bits per heavy atom. The number of rotatable bonds is 7. The van der Waals surface area contributed by atoms with Gasteiger partial charge in [0, 0.05) is 10.6 Å². The molecule has 2 aromatic carbocycles. The molecule has 24 heavy (non-hydrogen) atoms. The van der Waals surface area contributed by atoms with Crippen LogP contribution < -0.4 is 10.1 Å². The number of nitrogens with zero attached hydrogens (tertiary/aromatic N) is 1. The van der Waals surface area contributed by atoms with Crippen LogP contribution in [0, 0.1) is 0 Å². The Morgan fingerprint density at radius 2 is 1.96 bits per heavy atom. The van der Waals surface area contributed by atoms with Gasteiger partial charge in [0.1, 0.15) is 5.75 Å². The van der Waals surface area contributed by atoms with Crippen LogP contribution >= 0.6 is 11.6 Å². The number of ether oxygens (including phenoxy) is 1. The van der Waals surface area contributed by atoms with Crippen LogP contribution in [0.2, 0.25) is 5.02 Å². The lowest BCUT2D eigenvalue weighted by Gasteiger charge is -2.16. The van der Waals surface area contributed by atoms with Crippen molar-refractivity contribution in [3.63, 3.8) is 0 Å². The van der Waals surface area contributed by atoms with Gasteiger partial charge in [0.15, 0.2) is 6.61 Å². The van der Waals surface area contributed by atoms with Crippen molar-refractivity contribution in [3.05, 3.63) is 64.7 Å². The molecule has 2 rings (SSSR count). The van der Waals surface area contributed by atoms with Crippen LogP contribution in [0.5, 0.6) is 5.75 Å². The molecule has 5 nitrogen and oxygen atoms in total. The molecule has 0 aliphatic rings. The second-order valence-electron chi connectivity index (χ2n) is 5.09. The first-order valence-electron chi connectivity index (χ1n) is 7.43. The second-order valence-corrected chi connectivity index (χ2v) is 5.53. The van der Waals surface area contributed by atoms with Crippen LogP contribution in [0.3, 0.4) is 0 Å². The number of halogens is 1. The molecule has 0 saturated carbocycles. The molecule has 1 N–H and O–H groups in total. The minimum Gasteiger partial charge on any atom is -0.496 e. The third-order valence-corrected chi connectivity index (χ3v) is 3.58. The van der Waals surface area contributed by atoms with E-state index in [0.29, 0.717) is 5.02 Å². The SMILES string of the molecule is COc1ccccc1C(C)NC(=O)CO/N=C/c1ccc(Cl)cc1. The van der Waals surface area contributed by atoms with Crippen LogP contribution in [0.1, 0.15) is 24.1 Å². The van der Waals surface area contributed by atoms with Gasteiger partial charge >= 0.3 is 0 Å². The molecule has 126 valence electrons. The molecule has 0 radical (unpaired) electrons. The maximum Gasteiger partial charge on any atom is 0.261 e. The second kappa shape index (κ2) is 8.93. The third kappa shape index (κ3) is 5.28. The zero-order chi connectivity index (χ0) is 17.4. The molecule has 0 aliphatic heterocycles. The number of hydrogen-bond donors (Lipinski definition) is 1. The summed E-state index contributed by atoms with van der Waals surface area (Å²) in [7, 11) is 1.60. The van der Waals surface area contributed by atoms with E-state index in [4.69, 9.17) is 21.2 Å². The van der Waals surface area contributed by atoms with Crippen molar-refractivity contribution in [2.24, 2.45) is 5.16 Å². The molecule has 0 aromatic heterocycles. The smallest absolute Gasteiger partial charge is 0.261 e. The maximum absolute atomic E-state index is 11.9. The highest BCUT2D eigenvalue weighted by atomic mass is 35.5. The van der Waals surface area contributed by atoms with Gasteiger partial charge in [0.05, 0.1) is 19.4 Å². The molecule has 0 fully saturated rings. The van der Waals surface area contributed by atoms with Crippen LogP contribution in [-0.2, 0) is 9.63 Å². The Morgan fingerprint density at radius 1 is 1.25 bits per heavy atom. The summed E-state index contributed by atoms with van der Waals surface area (Å²) in [5.74, 6) is 0.466. The number of carbonyl (C=O) groups is 1. The first kappa shape index (κ1) is 17.8. The van der Waals surface area contributed by atoms with Crippen LogP contribution in [0.15, 0.2) is 53.7 Å². The average molecular weight is 347 g/mol. The standard InChI is InChI=1S/C18H19ClN2O3/c1-13(16-5-3-4-6-17(16)23-2)21-18(22)12-24-20-11-14-7-9-15(19)10-8-14/h3-11,13H,12H2,1-2H3,(H,21,22)/b20-11+. The molecule has 1 amide bonds. The van der Waals surface area contributed by atoms with Gasteiger partial charge in [-0.1, -0.05) is 47.1 Å². The largest absolute Gasteiger partial charge is 0.496 e. The summed E-state index contributed by atoms with van der Waals surface area (Å²) in [5.41, 5.74) is 1.74. The fraction of sp³-hybridized carbons (Fsp3) is 0.222. The molecular formula is C18H19ClN2O3. The van der Waals surface area contributed by atoms with E-state index in [9.17, 15) is 4.79 Å². The molecule has 6 heteroatoms. The molecule has 0 heterocycles. The summed E-state index contributed by atoms with van der Waals surface area (Å²) in [6, 6.07) is 14.5. The maximum atomic E-state index is 11.9. The number of methoxy groups -OCH3 is 1. The Hall–Kier alpha value is -2.53. The topological polar surface area (TPSA) is 59.9 Å². The predicted molar refractivity (Wildman–Crippen MR) is 94.5 cm³/mol. The molecular weight excluding hydrogens is 328 g/mol. The van der Waals surface area contributed by atoms with E-state index < -0.39 is 0 Å². The van der Waals surface area contributed by atoms with Crippen molar-refractivity contribution in [1.29, 1.82) is 0 Å². The van der Waals surface area contributed by atoms with Crippen molar-refractivity contribution in [1.82, 2.24) is 5.32 Å². The van der Waals surface area contributed by atoms with Gasteiger partial charge in [-0.3, -0.25) is 4.79 Å². The van der Waals surface area contributed by atoms with Gasteiger partial charge in [0.2, 0.25) is 0 Å². The summed E-state index contributed by atoms with van der Waals surface area (Å²) in [6.07, 6.45) is 1.52. The highest BCUT2D eigenvalue weighted by Crippen LogP contribution is 2.24. The molecule has 0 bridgehead atoms. The number of para-hydroxylation sites is 1. The molecule has 2 aromatic rings. The van der Waals surface area contributed by atoms with E-state index in [2.05, 4.69) is 10.5 Å². The first-order valence-corrected chi connectivity index (χ1v) is 7.81. The Labute approximate surface area is 146 Å². The lowest BCUT2D eigenvalue weighted by atomic mass is 10.1. The number of hydrogen-bond acceptors (Lipinski definition) is 4. The van der Waals surface area contributed by atoms with Gasteiger partial charge in [-0.15, -0.1) is 0 Å². The van der Waals surface area contributed by atoms with E-state index in [1.165, 1.54) is 6.21 Å². The molecule has 0 saturated heterocycles. The third-order valence-electron chi connectivity index (χ3n) is 3.32.